The Kier molecular flexibility index (Phi) is 4.29. The maximum Gasteiger partial charge on any atom is 0.175 e. The largest absolute Gasteiger partial charge is 0.210 e. The lowest BCUT2D eigenvalue weighted by molar-refractivity contribution is 0.755. The van der Waals surface area contributed by atoms with Gasteiger partial charge in [-0.15, -0.1) is 5.10 Å². The standard InChI is InChI=1S/C15H19ClN4/c1-5-6-7-11-10(4)12(8-17)15-18-14(9(2)3)19-20(15)13(11)16/h9H,5-7H2,1-4H3. The Morgan fingerprint density at radius 2 is 2.10 bits per heavy atom. The molecule has 0 unspecified atom stereocenters. The Morgan fingerprint density at radius 3 is 2.65 bits per heavy atom. The lowest BCUT2D eigenvalue weighted by Crippen LogP contribution is -2.03. The third kappa shape index (κ3) is 2.38. The zero-order chi connectivity index (χ0) is 14.9. The zero-order valence-corrected chi connectivity index (χ0v) is 13.1. The summed E-state index contributed by atoms with van der Waals surface area (Å²) in [6.07, 6.45) is 3.00. The first-order chi connectivity index (χ1) is 9.51. The van der Waals surface area contributed by atoms with Gasteiger partial charge >= 0.3 is 0 Å². The van der Waals surface area contributed by atoms with Crippen LogP contribution < -0.4 is 0 Å². The molecule has 5 heteroatoms. The van der Waals surface area contributed by atoms with E-state index in [2.05, 4.69) is 23.1 Å². The molecule has 0 N–H and O–H groups in total. The molecule has 106 valence electrons. The van der Waals surface area contributed by atoms with Gasteiger partial charge in [-0.1, -0.05) is 38.8 Å². The maximum absolute atomic E-state index is 9.43. The molecule has 0 aliphatic carbocycles. The first kappa shape index (κ1) is 14.8. The molecule has 4 nitrogen and oxygen atoms in total. The van der Waals surface area contributed by atoms with E-state index in [-0.39, 0.29) is 5.92 Å². The van der Waals surface area contributed by atoms with Crippen LogP contribution in [0.2, 0.25) is 5.15 Å². The SMILES string of the molecule is CCCCc1c(C)c(C#N)c2nc(C(C)C)nn2c1Cl. The molecule has 2 aromatic heterocycles. The summed E-state index contributed by atoms with van der Waals surface area (Å²) in [6, 6.07) is 2.25. The van der Waals surface area contributed by atoms with Crippen molar-refractivity contribution in [3.05, 3.63) is 27.7 Å². The van der Waals surface area contributed by atoms with E-state index < -0.39 is 0 Å². The maximum atomic E-state index is 9.43. The topological polar surface area (TPSA) is 54.0 Å². The molecule has 0 radical (unpaired) electrons. The van der Waals surface area contributed by atoms with Crippen molar-refractivity contribution in [2.24, 2.45) is 0 Å². The van der Waals surface area contributed by atoms with Gasteiger partial charge in [0.25, 0.3) is 0 Å². The van der Waals surface area contributed by atoms with E-state index in [4.69, 9.17) is 11.6 Å². The Hall–Kier alpha value is -1.60. The van der Waals surface area contributed by atoms with Gasteiger partial charge in [0.05, 0.1) is 0 Å². The van der Waals surface area contributed by atoms with Gasteiger partial charge in [-0.3, -0.25) is 0 Å². The van der Waals surface area contributed by atoms with Crippen LogP contribution in [0.25, 0.3) is 5.65 Å². The third-order valence-electron chi connectivity index (χ3n) is 3.52. The number of fused-ring (bicyclic) bond motifs is 1. The number of rotatable bonds is 4. The molecule has 0 fully saturated rings. The number of pyridine rings is 1. The van der Waals surface area contributed by atoms with Crippen LogP contribution in [0, 0.1) is 18.3 Å². The van der Waals surface area contributed by atoms with Crippen LogP contribution in [0.1, 0.15) is 62.0 Å². The summed E-state index contributed by atoms with van der Waals surface area (Å²) >= 11 is 6.48. The number of unbranched alkanes of at least 4 members (excludes halogenated alkanes) is 1. The highest BCUT2D eigenvalue weighted by Crippen LogP contribution is 2.28. The van der Waals surface area contributed by atoms with E-state index in [1.54, 1.807) is 4.52 Å². The number of halogens is 1. The number of nitriles is 1. The van der Waals surface area contributed by atoms with Crippen LogP contribution >= 0.6 is 11.6 Å². The fraction of sp³-hybridized carbons (Fsp3) is 0.533. The van der Waals surface area contributed by atoms with Gasteiger partial charge < -0.3 is 0 Å². The van der Waals surface area contributed by atoms with Crippen LogP contribution in [0.5, 0.6) is 0 Å². The van der Waals surface area contributed by atoms with Gasteiger partial charge in [0, 0.05) is 5.92 Å². The van der Waals surface area contributed by atoms with Crippen LogP contribution in [0.4, 0.5) is 0 Å². The predicted octanol–water partition coefficient (Wildman–Crippen LogP) is 4.03. The van der Waals surface area contributed by atoms with Gasteiger partial charge in [0.2, 0.25) is 0 Å². The number of hydrogen-bond acceptors (Lipinski definition) is 3. The predicted molar refractivity (Wildman–Crippen MR) is 80.2 cm³/mol. The summed E-state index contributed by atoms with van der Waals surface area (Å²) in [5.41, 5.74) is 3.10. The molecule has 0 saturated carbocycles. The molecular weight excluding hydrogens is 272 g/mol. The summed E-state index contributed by atoms with van der Waals surface area (Å²) in [4.78, 5) is 4.47. The highest BCUT2D eigenvalue weighted by atomic mass is 35.5. The minimum atomic E-state index is 0.205. The zero-order valence-electron chi connectivity index (χ0n) is 12.4. The van der Waals surface area contributed by atoms with E-state index in [0.29, 0.717) is 16.4 Å². The molecule has 0 aliphatic rings. The fourth-order valence-electron chi connectivity index (χ4n) is 2.25. The van der Waals surface area contributed by atoms with E-state index >= 15 is 0 Å². The second kappa shape index (κ2) is 5.80. The molecule has 0 aliphatic heterocycles. The van der Waals surface area contributed by atoms with Gasteiger partial charge in [0.1, 0.15) is 16.8 Å². The Bertz CT molecular complexity index is 679. The van der Waals surface area contributed by atoms with Crippen molar-refractivity contribution in [1.29, 1.82) is 5.26 Å². The van der Waals surface area contributed by atoms with Crippen molar-refractivity contribution in [2.75, 3.05) is 0 Å². The van der Waals surface area contributed by atoms with Crippen molar-refractivity contribution in [1.82, 2.24) is 14.6 Å². The van der Waals surface area contributed by atoms with Crippen molar-refractivity contribution in [3.8, 4) is 6.07 Å². The molecule has 2 heterocycles. The Labute approximate surface area is 124 Å². The van der Waals surface area contributed by atoms with Gasteiger partial charge in [-0.25, -0.2) is 9.50 Å². The van der Waals surface area contributed by atoms with Crippen molar-refractivity contribution in [3.63, 3.8) is 0 Å². The van der Waals surface area contributed by atoms with Crippen molar-refractivity contribution >= 4 is 17.2 Å². The van der Waals surface area contributed by atoms with Crippen LogP contribution in [0.15, 0.2) is 0 Å². The summed E-state index contributed by atoms with van der Waals surface area (Å²) in [7, 11) is 0. The second-order valence-corrected chi connectivity index (χ2v) is 5.70. The lowest BCUT2D eigenvalue weighted by atomic mass is 10.0. The summed E-state index contributed by atoms with van der Waals surface area (Å²) in [5.74, 6) is 0.923. The molecule has 0 aromatic carbocycles. The van der Waals surface area contributed by atoms with Crippen LogP contribution in [0.3, 0.4) is 0 Å². The smallest absolute Gasteiger partial charge is 0.175 e. The van der Waals surface area contributed by atoms with E-state index in [1.807, 2.05) is 20.8 Å². The first-order valence-corrected chi connectivity index (χ1v) is 7.36. The molecular formula is C15H19ClN4. The highest BCUT2D eigenvalue weighted by molar-refractivity contribution is 6.30. The lowest BCUT2D eigenvalue weighted by Gasteiger charge is -2.11. The molecule has 20 heavy (non-hydrogen) atoms. The van der Waals surface area contributed by atoms with Crippen molar-refractivity contribution in [2.45, 2.75) is 52.9 Å². The summed E-state index contributed by atoms with van der Waals surface area (Å²) < 4.78 is 1.62. The van der Waals surface area contributed by atoms with Gasteiger partial charge in [-0.05, 0) is 30.9 Å². The van der Waals surface area contributed by atoms with E-state index in [0.717, 1.165) is 36.2 Å². The number of hydrogen-bond donors (Lipinski definition) is 0. The highest BCUT2D eigenvalue weighted by Gasteiger charge is 2.19. The second-order valence-electron chi connectivity index (χ2n) is 5.34. The van der Waals surface area contributed by atoms with Gasteiger partial charge in [0.15, 0.2) is 11.5 Å². The number of nitrogens with zero attached hydrogens (tertiary/aromatic N) is 4. The van der Waals surface area contributed by atoms with Crippen LogP contribution in [-0.2, 0) is 6.42 Å². The molecule has 2 aromatic rings. The Balaban J connectivity index is 2.74. The fourth-order valence-corrected chi connectivity index (χ4v) is 2.60. The molecule has 0 atom stereocenters. The average Bonchev–Trinajstić information content (AvgIpc) is 2.84. The summed E-state index contributed by atoms with van der Waals surface area (Å²) in [6.45, 7) is 8.14. The van der Waals surface area contributed by atoms with E-state index in [9.17, 15) is 5.26 Å². The molecule has 0 saturated heterocycles. The molecule has 0 spiro atoms. The monoisotopic (exact) mass is 290 g/mol. The average molecular weight is 291 g/mol. The minimum Gasteiger partial charge on any atom is -0.210 e. The molecule has 2 rings (SSSR count). The minimum absolute atomic E-state index is 0.205. The van der Waals surface area contributed by atoms with Gasteiger partial charge in [-0.2, -0.15) is 5.26 Å². The third-order valence-corrected chi connectivity index (χ3v) is 3.91. The summed E-state index contributed by atoms with van der Waals surface area (Å²) in [5, 5.41) is 14.5. The van der Waals surface area contributed by atoms with E-state index in [1.165, 1.54) is 0 Å². The first-order valence-electron chi connectivity index (χ1n) is 6.98. The molecule has 0 amide bonds. The normalized spacial score (nSPS) is 11.2. The van der Waals surface area contributed by atoms with Crippen LogP contribution in [-0.4, -0.2) is 14.6 Å². The quantitative estimate of drug-likeness (QED) is 0.799. The Morgan fingerprint density at radius 1 is 1.40 bits per heavy atom. The number of aromatic nitrogens is 3. The molecule has 0 bridgehead atoms. The van der Waals surface area contributed by atoms with Crippen molar-refractivity contribution < 1.29 is 0 Å².